The number of aliphatic hydroxyl groups is 1. The van der Waals surface area contributed by atoms with Crippen molar-refractivity contribution in [2.45, 2.75) is 24.9 Å². The highest BCUT2D eigenvalue weighted by molar-refractivity contribution is 5.23. The first-order chi connectivity index (χ1) is 11.1. The van der Waals surface area contributed by atoms with Crippen LogP contribution >= 0.6 is 0 Å². The summed E-state index contributed by atoms with van der Waals surface area (Å²) in [6, 6.07) is 1.51. The van der Waals surface area contributed by atoms with Crippen LogP contribution in [0.2, 0.25) is 0 Å². The predicted octanol–water partition coefficient (Wildman–Crippen LogP) is 0.00500. The number of nitrogens with zero attached hydrogens (tertiary/aromatic N) is 2. The lowest BCUT2D eigenvalue weighted by molar-refractivity contribution is -0.0534. The fourth-order valence-corrected chi connectivity index (χ4v) is 2.38. The Bertz CT molecular complexity index is 710. The minimum Gasteiger partial charge on any atom is -0.476 e. The summed E-state index contributed by atoms with van der Waals surface area (Å²) in [5.74, 6) is 0.706. The lowest BCUT2D eigenvalue weighted by atomic mass is 10.2. The summed E-state index contributed by atoms with van der Waals surface area (Å²) >= 11 is 0. The van der Waals surface area contributed by atoms with Crippen molar-refractivity contribution in [3.63, 3.8) is 0 Å². The minimum absolute atomic E-state index is 0.150. The van der Waals surface area contributed by atoms with Crippen molar-refractivity contribution >= 4 is 5.82 Å². The van der Waals surface area contributed by atoms with E-state index in [-0.39, 0.29) is 18.8 Å². The van der Waals surface area contributed by atoms with E-state index in [1.54, 1.807) is 12.3 Å². The largest absolute Gasteiger partial charge is 0.476 e. The Morgan fingerprint density at radius 1 is 1.48 bits per heavy atom. The fraction of sp³-hybridized carbons (Fsp3) is 0.333. The highest BCUT2D eigenvalue weighted by Crippen LogP contribution is 2.28. The summed E-state index contributed by atoms with van der Waals surface area (Å²) < 4.78 is 12.6. The molecule has 0 aliphatic carbocycles. The van der Waals surface area contributed by atoms with E-state index in [2.05, 4.69) is 10.3 Å². The molecule has 1 fully saturated rings. The van der Waals surface area contributed by atoms with Crippen LogP contribution in [0, 0.1) is 0 Å². The number of anilines is 1. The van der Waals surface area contributed by atoms with Gasteiger partial charge in [-0.05, 0) is 18.2 Å². The average molecular weight is 318 g/mol. The van der Waals surface area contributed by atoms with E-state index >= 15 is 0 Å². The first kappa shape index (κ1) is 15.3. The summed E-state index contributed by atoms with van der Waals surface area (Å²) in [5, 5.41) is 13.1. The Kier molecular flexibility index (Phi) is 4.45. The molecular weight excluding hydrogens is 300 g/mol. The van der Waals surface area contributed by atoms with Crippen LogP contribution in [0.15, 0.2) is 53.4 Å². The van der Waals surface area contributed by atoms with Crippen molar-refractivity contribution < 1.29 is 14.6 Å². The Morgan fingerprint density at radius 2 is 2.35 bits per heavy atom. The summed E-state index contributed by atoms with van der Waals surface area (Å²) in [6.07, 6.45) is 8.98. The fourth-order valence-electron chi connectivity index (χ4n) is 2.38. The van der Waals surface area contributed by atoms with E-state index < -0.39 is 24.1 Å². The third-order valence-electron chi connectivity index (χ3n) is 3.56. The van der Waals surface area contributed by atoms with Gasteiger partial charge < -0.3 is 25.6 Å². The number of nitrogen functional groups attached to an aromatic ring is 1. The highest BCUT2D eigenvalue weighted by atomic mass is 16.6. The standard InChI is InChI=1S/C15H18N4O4/c16-12-5-7-19(15(21)18-12)14-8-10(20)11(23-14)9-22-13-4-2-1-3-6-17-13/h1-7,10-11,14,17,20H,8-9H2,(H2,16,18,21)/t10-,11+,14+/m0/s1. The first-order valence-electron chi connectivity index (χ1n) is 7.24. The third-order valence-corrected chi connectivity index (χ3v) is 3.56. The van der Waals surface area contributed by atoms with E-state index in [4.69, 9.17) is 15.2 Å². The van der Waals surface area contributed by atoms with E-state index in [1.807, 2.05) is 18.2 Å². The maximum Gasteiger partial charge on any atom is 0.351 e. The maximum absolute atomic E-state index is 11.8. The molecule has 2 aliphatic heterocycles. The number of aromatic nitrogens is 2. The predicted molar refractivity (Wildman–Crippen MR) is 82.9 cm³/mol. The smallest absolute Gasteiger partial charge is 0.351 e. The van der Waals surface area contributed by atoms with Gasteiger partial charge in [0.1, 0.15) is 24.8 Å². The van der Waals surface area contributed by atoms with Gasteiger partial charge in [-0.25, -0.2) is 4.79 Å². The molecule has 0 aromatic carbocycles. The van der Waals surface area contributed by atoms with Crippen molar-refractivity contribution in [3.05, 3.63) is 59.1 Å². The topological polar surface area (TPSA) is 112 Å². The summed E-state index contributed by atoms with van der Waals surface area (Å²) in [4.78, 5) is 15.5. The number of rotatable bonds is 4. The van der Waals surface area contributed by atoms with Crippen LogP contribution in [-0.2, 0) is 9.47 Å². The van der Waals surface area contributed by atoms with Gasteiger partial charge in [-0.1, -0.05) is 12.2 Å². The van der Waals surface area contributed by atoms with Crippen molar-refractivity contribution in [2.75, 3.05) is 12.3 Å². The van der Waals surface area contributed by atoms with Gasteiger partial charge in [0.05, 0.1) is 6.10 Å². The number of hydrogen-bond donors (Lipinski definition) is 3. The quantitative estimate of drug-likeness (QED) is 0.716. The molecule has 0 unspecified atom stereocenters. The lowest BCUT2D eigenvalue weighted by Gasteiger charge is -2.17. The van der Waals surface area contributed by atoms with Crippen LogP contribution in [0.3, 0.4) is 0 Å². The van der Waals surface area contributed by atoms with Crippen LogP contribution < -0.4 is 16.7 Å². The van der Waals surface area contributed by atoms with Crippen molar-refractivity contribution in [1.29, 1.82) is 0 Å². The Hall–Kier alpha value is -2.58. The minimum atomic E-state index is -0.734. The molecule has 2 aliphatic rings. The zero-order valence-electron chi connectivity index (χ0n) is 12.3. The van der Waals surface area contributed by atoms with Gasteiger partial charge in [0.15, 0.2) is 5.88 Å². The molecule has 3 rings (SSSR count). The van der Waals surface area contributed by atoms with Gasteiger partial charge in [0.25, 0.3) is 0 Å². The molecule has 8 nitrogen and oxygen atoms in total. The van der Waals surface area contributed by atoms with Gasteiger partial charge >= 0.3 is 5.69 Å². The second kappa shape index (κ2) is 6.67. The summed E-state index contributed by atoms with van der Waals surface area (Å²) in [5.41, 5.74) is 4.96. The SMILES string of the molecule is Nc1ccn([C@H]2C[C@H](O)[C@@H](COC3=CC=CC=CN3)O2)c(=O)n1. The van der Waals surface area contributed by atoms with Crippen molar-refractivity contribution in [2.24, 2.45) is 0 Å². The number of aliphatic hydroxyl groups excluding tert-OH is 1. The highest BCUT2D eigenvalue weighted by Gasteiger charge is 2.36. The van der Waals surface area contributed by atoms with Crippen LogP contribution in [-0.4, -0.2) is 33.5 Å². The zero-order chi connectivity index (χ0) is 16.2. The van der Waals surface area contributed by atoms with Crippen LogP contribution in [0.4, 0.5) is 5.82 Å². The molecule has 4 N–H and O–H groups in total. The molecule has 0 saturated carbocycles. The summed E-state index contributed by atoms with van der Waals surface area (Å²) in [7, 11) is 0. The monoisotopic (exact) mass is 318 g/mol. The second-order valence-corrected chi connectivity index (χ2v) is 5.20. The lowest BCUT2D eigenvalue weighted by Crippen LogP contribution is -2.29. The van der Waals surface area contributed by atoms with E-state index in [1.165, 1.54) is 16.8 Å². The second-order valence-electron chi connectivity index (χ2n) is 5.20. The van der Waals surface area contributed by atoms with Gasteiger partial charge in [-0.15, -0.1) is 0 Å². The molecular formula is C15H18N4O4. The maximum atomic E-state index is 11.8. The molecule has 0 radical (unpaired) electrons. The molecule has 23 heavy (non-hydrogen) atoms. The normalized spacial score (nSPS) is 26.5. The van der Waals surface area contributed by atoms with Crippen molar-refractivity contribution in [3.8, 4) is 0 Å². The molecule has 1 aromatic rings. The first-order valence-corrected chi connectivity index (χ1v) is 7.24. The van der Waals surface area contributed by atoms with Gasteiger partial charge in [-0.2, -0.15) is 4.98 Å². The molecule has 0 spiro atoms. The molecule has 3 atom stereocenters. The number of nitrogens with two attached hydrogens (primary N) is 1. The number of allylic oxidation sites excluding steroid dienone is 4. The van der Waals surface area contributed by atoms with Crippen LogP contribution in [0.25, 0.3) is 0 Å². The van der Waals surface area contributed by atoms with E-state index in [9.17, 15) is 9.90 Å². The molecule has 3 heterocycles. The number of ether oxygens (including phenoxy) is 2. The molecule has 8 heteroatoms. The Morgan fingerprint density at radius 3 is 3.17 bits per heavy atom. The van der Waals surface area contributed by atoms with E-state index in [0.29, 0.717) is 5.88 Å². The Labute approximate surface area is 132 Å². The van der Waals surface area contributed by atoms with Gasteiger partial charge in [0, 0.05) is 18.8 Å². The van der Waals surface area contributed by atoms with E-state index in [0.717, 1.165) is 0 Å². The average Bonchev–Trinajstić information content (AvgIpc) is 2.73. The molecule has 122 valence electrons. The van der Waals surface area contributed by atoms with Crippen LogP contribution in [0.1, 0.15) is 12.6 Å². The van der Waals surface area contributed by atoms with Gasteiger partial charge in [-0.3, -0.25) is 4.57 Å². The number of nitrogens with one attached hydrogen (secondary N) is 1. The number of hydrogen-bond acceptors (Lipinski definition) is 7. The molecule has 0 amide bonds. The van der Waals surface area contributed by atoms with Crippen LogP contribution in [0.5, 0.6) is 0 Å². The third kappa shape index (κ3) is 3.61. The zero-order valence-corrected chi connectivity index (χ0v) is 12.3. The summed E-state index contributed by atoms with van der Waals surface area (Å²) in [6.45, 7) is 0.162. The molecule has 1 saturated heterocycles. The van der Waals surface area contributed by atoms with Crippen molar-refractivity contribution in [1.82, 2.24) is 14.9 Å². The molecule has 0 bridgehead atoms. The molecule has 1 aromatic heterocycles. The Balaban J connectivity index is 1.62. The van der Waals surface area contributed by atoms with Gasteiger partial charge in [0.2, 0.25) is 0 Å².